The van der Waals surface area contributed by atoms with Crippen LogP contribution in [0.4, 0.5) is 0 Å². The van der Waals surface area contributed by atoms with Crippen LogP contribution in [0.3, 0.4) is 0 Å². The summed E-state index contributed by atoms with van der Waals surface area (Å²) in [5, 5.41) is 3.08. The maximum atomic E-state index is 3.08. The molecule has 0 amide bonds. The van der Waals surface area contributed by atoms with Gasteiger partial charge in [-0.05, 0) is 74.9 Å². The fourth-order valence-electron chi connectivity index (χ4n) is 2.59. The van der Waals surface area contributed by atoms with Gasteiger partial charge in [0, 0.05) is 13.2 Å². The van der Waals surface area contributed by atoms with Crippen LogP contribution in [0, 0.1) is 27.7 Å². The van der Waals surface area contributed by atoms with Crippen LogP contribution in [0.5, 0.6) is 0 Å². The first-order chi connectivity index (χ1) is 11.4. The summed E-state index contributed by atoms with van der Waals surface area (Å²) in [7, 11) is 1.92. The number of allylic oxidation sites excluding steroid dienone is 3. The van der Waals surface area contributed by atoms with Crippen molar-refractivity contribution >= 4 is 5.57 Å². The number of hydrogen-bond acceptors (Lipinski definition) is 1. The van der Waals surface area contributed by atoms with Crippen LogP contribution in [0.1, 0.15) is 41.7 Å². The van der Waals surface area contributed by atoms with Crippen molar-refractivity contribution < 1.29 is 0 Å². The maximum absolute atomic E-state index is 3.08. The second kappa shape index (κ2) is 9.77. The standard InChI is InChI=1S/C13H17N.C10H14/c1-4-11(2)13(10-14-3)12-8-6-5-7-9-12;1-7-5-8(2)10(4)9(3)6-7/h4-10,14H,1-3H3;5-6H,1-4H3/b11-4-,13-10+;. The average molecular weight is 322 g/mol. The molecule has 0 saturated carbocycles. The van der Waals surface area contributed by atoms with E-state index in [4.69, 9.17) is 0 Å². The Morgan fingerprint density at radius 3 is 1.92 bits per heavy atom. The minimum atomic E-state index is 1.25. The molecule has 0 saturated heterocycles. The summed E-state index contributed by atoms with van der Waals surface area (Å²) in [6.07, 6.45) is 4.15. The van der Waals surface area contributed by atoms with Gasteiger partial charge in [0.05, 0.1) is 0 Å². The van der Waals surface area contributed by atoms with Crippen molar-refractivity contribution in [2.45, 2.75) is 41.5 Å². The van der Waals surface area contributed by atoms with E-state index in [1.807, 2.05) is 19.3 Å². The summed E-state index contributed by atoms with van der Waals surface area (Å²) < 4.78 is 0. The summed E-state index contributed by atoms with van der Waals surface area (Å²) in [6, 6.07) is 14.8. The Morgan fingerprint density at radius 1 is 0.917 bits per heavy atom. The molecule has 0 atom stereocenters. The molecule has 1 nitrogen and oxygen atoms in total. The zero-order valence-corrected chi connectivity index (χ0v) is 16.2. The van der Waals surface area contributed by atoms with E-state index in [0.29, 0.717) is 0 Å². The Bertz CT molecular complexity index is 683. The first-order valence-corrected chi connectivity index (χ1v) is 8.51. The molecule has 0 fully saturated rings. The first-order valence-electron chi connectivity index (χ1n) is 8.51. The molecule has 24 heavy (non-hydrogen) atoms. The van der Waals surface area contributed by atoms with Crippen molar-refractivity contribution in [2.75, 3.05) is 7.05 Å². The van der Waals surface area contributed by atoms with Gasteiger partial charge in [0.2, 0.25) is 0 Å². The Morgan fingerprint density at radius 2 is 1.46 bits per heavy atom. The molecular formula is C23H31N. The van der Waals surface area contributed by atoms with E-state index >= 15 is 0 Å². The van der Waals surface area contributed by atoms with Gasteiger partial charge < -0.3 is 5.32 Å². The van der Waals surface area contributed by atoms with E-state index in [1.165, 1.54) is 39.0 Å². The van der Waals surface area contributed by atoms with Crippen molar-refractivity contribution in [3.63, 3.8) is 0 Å². The van der Waals surface area contributed by atoms with Gasteiger partial charge in [0.15, 0.2) is 0 Å². The second-order valence-corrected chi connectivity index (χ2v) is 6.21. The van der Waals surface area contributed by atoms with Crippen molar-refractivity contribution in [1.82, 2.24) is 5.32 Å². The Hall–Kier alpha value is -2.28. The zero-order chi connectivity index (χ0) is 18.1. The van der Waals surface area contributed by atoms with E-state index in [-0.39, 0.29) is 0 Å². The number of benzene rings is 2. The predicted molar refractivity (Wildman–Crippen MR) is 108 cm³/mol. The van der Waals surface area contributed by atoms with Gasteiger partial charge in [-0.1, -0.05) is 54.1 Å². The lowest BCUT2D eigenvalue weighted by atomic mass is 10.00. The average Bonchev–Trinajstić information content (AvgIpc) is 2.58. The smallest absolute Gasteiger partial charge is 0.00438 e. The molecule has 128 valence electrons. The normalized spacial score (nSPS) is 11.6. The number of rotatable bonds is 3. The Labute approximate surface area is 148 Å². The highest BCUT2D eigenvalue weighted by atomic mass is 14.8. The molecule has 0 aliphatic carbocycles. The SMILES string of the molecule is C/C=C(C)\C(=C/NC)c1ccccc1.Cc1cc(C)c(C)c(C)c1. The maximum Gasteiger partial charge on any atom is 0.00438 e. The largest absolute Gasteiger partial charge is 0.393 e. The van der Waals surface area contributed by atoms with E-state index in [9.17, 15) is 0 Å². The van der Waals surface area contributed by atoms with Gasteiger partial charge >= 0.3 is 0 Å². The van der Waals surface area contributed by atoms with Gasteiger partial charge in [0.25, 0.3) is 0 Å². The van der Waals surface area contributed by atoms with E-state index in [0.717, 1.165) is 0 Å². The third kappa shape index (κ3) is 5.73. The zero-order valence-electron chi connectivity index (χ0n) is 16.2. The molecule has 0 unspecified atom stereocenters. The third-order valence-corrected chi connectivity index (χ3v) is 4.30. The molecule has 0 spiro atoms. The summed E-state index contributed by atoms with van der Waals surface area (Å²) in [6.45, 7) is 12.8. The van der Waals surface area contributed by atoms with Crippen molar-refractivity contribution in [3.8, 4) is 0 Å². The number of nitrogens with one attached hydrogen (secondary N) is 1. The van der Waals surface area contributed by atoms with Crippen molar-refractivity contribution in [3.05, 3.63) is 88.1 Å². The minimum absolute atomic E-state index is 1.25. The predicted octanol–water partition coefficient (Wildman–Crippen LogP) is 6.13. The fraction of sp³-hybridized carbons (Fsp3) is 0.304. The lowest BCUT2D eigenvalue weighted by molar-refractivity contribution is 1.10. The van der Waals surface area contributed by atoms with Crippen LogP contribution in [-0.4, -0.2) is 7.05 Å². The monoisotopic (exact) mass is 321 g/mol. The summed E-state index contributed by atoms with van der Waals surface area (Å²) in [5.41, 5.74) is 9.36. The molecule has 2 aromatic carbocycles. The van der Waals surface area contributed by atoms with E-state index in [1.54, 1.807) is 0 Å². The van der Waals surface area contributed by atoms with E-state index < -0.39 is 0 Å². The first kappa shape index (κ1) is 19.8. The van der Waals surface area contributed by atoms with Crippen LogP contribution in [0.15, 0.2) is 60.3 Å². The van der Waals surface area contributed by atoms with Crippen LogP contribution in [0.2, 0.25) is 0 Å². The topological polar surface area (TPSA) is 12.0 Å². The van der Waals surface area contributed by atoms with Gasteiger partial charge in [0.1, 0.15) is 0 Å². The van der Waals surface area contributed by atoms with Crippen LogP contribution in [0.25, 0.3) is 5.57 Å². The quantitative estimate of drug-likeness (QED) is 0.670. The number of hydrogen-bond donors (Lipinski definition) is 1. The molecule has 2 rings (SSSR count). The van der Waals surface area contributed by atoms with Crippen LogP contribution < -0.4 is 5.32 Å². The second-order valence-electron chi connectivity index (χ2n) is 6.21. The molecule has 0 radical (unpaired) electrons. The number of aryl methyl sites for hydroxylation is 3. The third-order valence-electron chi connectivity index (χ3n) is 4.30. The molecule has 0 heterocycles. The van der Waals surface area contributed by atoms with Crippen LogP contribution in [-0.2, 0) is 0 Å². The lowest BCUT2D eigenvalue weighted by Gasteiger charge is -2.07. The van der Waals surface area contributed by atoms with Gasteiger partial charge in [-0.25, -0.2) is 0 Å². The van der Waals surface area contributed by atoms with E-state index in [2.05, 4.69) is 89.3 Å². The van der Waals surface area contributed by atoms with Gasteiger partial charge in [-0.15, -0.1) is 0 Å². The minimum Gasteiger partial charge on any atom is -0.393 e. The molecule has 1 N–H and O–H groups in total. The molecule has 2 aromatic rings. The fourth-order valence-corrected chi connectivity index (χ4v) is 2.59. The highest BCUT2D eigenvalue weighted by Gasteiger charge is 2.01. The molecule has 0 aromatic heterocycles. The summed E-state index contributed by atoms with van der Waals surface area (Å²) in [5.74, 6) is 0. The van der Waals surface area contributed by atoms with Crippen molar-refractivity contribution in [1.29, 1.82) is 0 Å². The molecular weight excluding hydrogens is 290 g/mol. The lowest BCUT2D eigenvalue weighted by Crippen LogP contribution is -1.97. The molecule has 0 aliphatic heterocycles. The molecule has 1 heteroatoms. The molecule has 0 aliphatic rings. The summed E-state index contributed by atoms with van der Waals surface area (Å²) >= 11 is 0. The summed E-state index contributed by atoms with van der Waals surface area (Å²) in [4.78, 5) is 0. The van der Waals surface area contributed by atoms with Crippen LogP contribution >= 0.6 is 0 Å². The highest BCUT2D eigenvalue weighted by Crippen LogP contribution is 2.21. The molecule has 0 bridgehead atoms. The van der Waals surface area contributed by atoms with Crippen molar-refractivity contribution in [2.24, 2.45) is 0 Å². The van der Waals surface area contributed by atoms with Gasteiger partial charge in [-0.2, -0.15) is 0 Å². The highest BCUT2D eigenvalue weighted by molar-refractivity contribution is 5.77. The Kier molecular flexibility index (Phi) is 8.05. The van der Waals surface area contributed by atoms with Gasteiger partial charge in [-0.3, -0.25) is 0 Å². The Balaban J connectivity index is 0.000000254.